The highest BCUT2D eigenvalue weighted by molar-refractivity contribution is 7.89. The molecule has 6 heteroatoms. The second kappa shape index (κ2) is 7.07. The second-order valence-corrected chi connectivity index (χ2v) is 9.59. The lowest BCUT2D eigenvalue weighted by atomic mass is 9.94. The number of benzene rings is 3. The Hall–Kier alpha value is -2.96. The number of hydrogen-bond acceptors (Lipinski definition) is 2. The standard InChI is InChI=1S/C24H21FN2O2S/c1-16-9-11-17(12-10-16)24-23-21(20-7-2-3-8-22(20)26-23)13-14-27(24)30(28,29)19-6-4-5-18(25)15-19/h2-12,15,24,26H,13-14H2,1H3/t24-/m1/s1. The van der Waals surface area contributed by atoms with Gasteiger partial charge < -0.3 is 4.98 Å². The number of hydrogen-bond donors (Lipinski definition) is 1. The second-order valence-electron chi connectivity index (χ2n) is 7.70. The Labute approximate surface area is 175 Å². The van der Waals surface area contributed by atoms with Gasteiger partial charge in [0.05, 0.1) is 10.9 Å². The fourth-order valence-electron chi connectivity index (χ4n) is 4.32. The third kappa shape index (κ3) is 3.04. The van der Waals surface area contributed by atoms with Gasteiger partial charge in [0.2, 0.25) is 10.0 Å². The molecular formula is C24H21FN2O2S. The van der Waals surface area contributed by atoms with Crippen LogP contribution in [0.2, 0.25) is 0 Å². The van der Waals surface area contributed by atoms with E-state index < -0.39 is 21.9 Å². The van der Waals surface area contributed by atoms with Crippen molar-refractivity contribution in [2.24, 2.45) is 0 Å². The maximum Gasteiger partial charge on any atom is 0.244 e. The van der Waals surface area contributed by atoms with Crippen molar-refractivity contribution >= 4 is 20.9 Å². The SMILES string of the molecule is Cc1ccc([C@@H]2c3[nH]c4ccccc4c3CCN2S(=O)(=O)c2cccc(F)c2)cc1. The zero-order valence-corrected chi connectivity index (χ0v) is 17.3. The van der Waals surface area contributed by atoms with Crippen molar-refractivity contribution in [3.63, 3.8) is 0 Å². The monoisotopic (exact) mass is 420 g/mol. The van der Waals surface area contributed by atoms with Crippen molar-refractivity contribution in [2.75, 3.05) is 6.54 Å². The third-order valence-corrected chi connectivity index (χ3v) is 7.65. The summed E-state index contributed by atoms with van der Waals surface area (Å²) in [5.41, 5.74) is 5.00. The molecule has 0 spiro atoms. The molecule has 0 radical (unpaired) electrons. The lowest BCUT2D eigenvalue weighted by molar-refractivity contribution is 0.340. The van der Waals surface area contributed by atoms with Gasteiger partial charge in [-0.05, 0) is 48.7 Å². The smallest absolute Gasteiger partial charge is 0.244 e. The van der Waals surface area contributed by atoms with Crippen LogP contribution in [0.15, 0.2) is 77.7 Å². The van der Waals surface area contributed by atoms with Gasteiger partial charge >= 0.3 is 0 Å². The molecule has 1 aromatic heterocycles. The van der Waals surface area contributed by atoms with Gasteiger partial charge in [0.1, 0.15) is 5.82 Å². The number of rotatable bonds is 3. The Morgan fingerprint density at radius 1 is 1.00 bits per heavy atom. The molecule has 0 unspecified atom stereocenters. The zero-order chi connectivity index (χ0) is 20.9. The molecule has 0 saturated heterocycles. The number of nitrogens with zero attached hydrogens (tertiary/aromatic N) is 1. The molecular weight excluding hydrogens is 399 g/mol. The molecule has 2 heterocycles. The number of fused-ring (bicyclic) bond motifs is 3. The number of halogens is 1. The van der Waals surface area contributed by atoms with E-state index in [9.17, 15) is 12.8 Å². The number of aryl methyl sites for hydroxylation is 1. The van der Waals surface area contributed by atoms with Crippen molar-refractivity contribution in [3.05, 3.63) is 101 Å². The summed E-state index contributed by atoms with van der Waals surface area (Å²) >= 11 is 0. The number of nitrogens with one attached hydrogen (secondary N) is 1. The van der Waals surface area contributed by atoms with Gasteiger partial charge in [0, 0.05) is 23.1 Å². The van der Waals surface area contributed by atoms with E-state index in [1.807, 2.05) is 49.4 Å². The quantitative estimate of drug-likeness (QED) is 0.510. The van der Waals surface area contributed by atoms with E-state index in [4.69, 9.17) is 0 Å². The van der Waals surface area contributed by atoms with E-state index in [-0.39, 0.29) is 4.90 Å². The van der Waals surface area contributed by atoms with E-state index in [2.05, 4.69) is 11.1 Å². The van der Waals surface area contributed by atoms with Gasteiger partial charge in [-0.2, -0.15) is 4.31 Å². The largest absolute Gasteiger partial charge is 0.357 e. The van der Waals surface area contributed by atoms with E-state index >= 15 is 0 Å². The van der Waals surface area contributed by atoms with Crippen molar-refractivity contribution in [1.29, 1.82) is 0 Å². The van der Waals surface area contributed by atoms with Crippen LogP contribution in [0.1, 0.15) is 28.4 Å². The minimum atomic E-state index is -3.90. The molecule has 0 fully saturated rings. The van der Waals surface area contributed by atoms with Crippen molar-refractivity contribution < 1.29 is 12.8 Å². The molecule has 1 aliphatic rings. The fraction of sp³-hybridized carbons (Fsp3) is 0.167. The van der Waals surface area contributed by atoms with Gasteiger partial charge in [0.25, 0.3) is 0 Å². The normalized spacial score (nSPS) is 17.2. The maximum absolute atomic E-state index is 13.8. The molecule has 0 bridgehead atoms. The van der Waals surface area contributed by atoms with Crippen LogP contribution in [0.4, 0.5) is 4.39 Å². The number of sulfonamides is 1. The van der Waals surface area contributed by atoms with Crippen molar-refractivity contribution in [1.82, 2.24) is 9.29 Å². The molecule has 30 heavy (non-hydrogen) atoms. The highest BCUT2D eigenvalue weighted by atomic mass is 32.2. The average Bonchev–Trinajstić information content (AvgIpc) is 3.12. The first-order valence-corrected chi connectivity index (χ1v) is 11.3. The highest BCUT2D eigenvalue weighted by Crippen LogP contribution is 2.41. The number of H-pyrrole nitrogens is 1. The Morgan fingerprint density at radius 2 is 1.77 bits per heavy atom. The van der Waals surface area contributed by atoms with Gasteiger partial charge in [0.15, 0.2) is 0 Å². The molecule has 1 aliphatic heterocycles. The fourth-order valence-corrected chi connectivity index (χ4v) is 5.94. The molecule has 5 rings (SSSR count). The van der Waals surface area contributed by atoms with Crippen LogP contribution in [-0.4, -0.2) is 24.3 Å². The molecule has 0 aliphatic carbocycles. The summed E-state index contributed by atoms with van der Waals surface area (Å²) in [5, 5.41) is 1.12. The van der Waals surface area contributed by atoms with E-state index in [0.717, 1.165) is 39.4 Å². The first kappa shape index (κ1) is 19.0. The summed E-state index contributed by atoms with van der Waals surface area (Å²) in [6, 6.07) is 20.6. The van der Waals surface area contributed by atoms with E-state index in [1.54, 1.807) is 0 Å². The molecule has 1 N–H and O–H groups in total. The molecule has 3 aromatic carbocycles. The maximum atomic E-state index is 13.8. The van der Waals surface area contributed by atoms with Crippen LogP contribution in [0.3, 0.4) is 0 Å². The predicted octanol–water partition coefficient (Wildman–Crippen LogP) is 4.95. The molecule has 4 aromatic rings. The number of para-hydroxylation sites is 1. The summed E-state index contributed by atoms with van der Waals surface area (Å²) in [6.07, 6.45) is 0.594. The average molecular weight is 421 g/mol. The van der Waals surface area contributed by atoms with Gasteiger partial charge in [-0.15, -0.1) is 0 Å². The van der Waals surface area contributed by atoms with E-state index in [1.165, 1.54) is 22.5 Å². The van der Waals surface area contributed by atoms with Crippen LogP contribution < -0.4 is 0 Å². The van der Waals surface area contributed by atoms with Crippen LogP contribution in [0.5, 0.6) is 0 Å². The van der Waals surface area contributed by atoms with Crippen LogP contribution >= 0.6 is 0 Å². The minimum absolute atomic E-state index is 0.0285. The lowest BCUT2D eigenvalue weighted by Crippen LogP contribution is -2.40. The summed E-state index contributed by atoms with van der Waals surface area (Å²) in [4.78, 5) is 3.44. The number of aromatic amines is 1. The molecule has 0 saturated carbocycles. The van der Waals surface area contributed by atoms with Crippen molar-refractivity contribution in [2.45, 2.75) is 24.3 Å². The van der Waals surface area contributed by atoms with Gasteiger partial charge in [-0.3, -0.25) is 0 Å². The third-order valence-electron chi connectivity index (χ3n) is 5.79. The number of aromatic nitrogens is 1. The Bertz CT molecular complexity index is 1340. The molecule has 1 atom stereocenters. The Balaban J connectivity index is 1.72. The van der Waals surface area contributed by atoms with Crippen LogP contribution in [0, 0.1) is 12.7 Å². The topological polar surface area (TPSA) is 53.2 Å². The first-order chi connectivity index (χ1) is 14.4. The van der Waals surface area contributed by atoms with Crippen LogP contribution in [0.25, 0.3) is 10.9 Å². The lowest BCUT2D eigenvalue weighted by Gasteiger charge is -2.35. The predicted molar refractivity (Wildman–Crippen MR) is 115 cm³/mol. The highest BCUT2D eigenvalue weighted by Gasteiger charge is 2.39. The zero-order valence-electron chi connectivity index (χ0n) is 16.5. The Kier molecular flexibility index (Phi) is 4.49. The van der Waals surface area contributed by atoms with Crippen molar-refractivity contribution in [3.8, 4) is 0 Å². The van der Waals surface area contributed by atoms with E-state index in [0.29, 0.717) is 13.0 Å². The van der Waals surface area contributed by atoms with Gasteiger partial charge in [-0.25, -0.2) is 12.8 Å². The molecule has 4 nitrogen and oxygen atoms in total. The first-order valence-electron chi connectivity index (χ1n) is 9.88. The minimum Gasteiger partial charge on any atom is -0.357 e. The summed E-state index contributed by atoms with van der Waals surface area (Å²) < 4.78 is 42.4. The summed E-state index contributed by atoms with van der Waals surface area (Å²) in [7, 11) is -3.90. The molecule has 0 amide bonds. The van der Waals surface area contributed by atoms with Gasteiger partial charge in [-0.1, -0.05) is 54.1 Å². The molecule has 152 valence electrons. The summed E-state index contributed by atoms with van der Waals surface area (Å²) in [5.74, 6) is -0.564. The van der Waals surface area contributed by atoms with Crippen LogP contribution in [-0.2, 0) is 16.4 Å². The summed E-state index contributed by atoms with van der Waals surface area (Å²) in [6.45, 7) is 2.33. The Morgan fingerprint density at radius 3 is 2.53 bits per heavy atom.